The molecule has 5 N–H and O–H groups in total. The highest BCUT2D eigenvalue weighted by atomic mass is 16.5. The number of ether oxygens (including phenoxy) is 1. The lowest BCUT2D eigenvalue weighted by Gasteiger charge is -2.32. The number of rotatable bonds is 6. The summed E-state index contributed by atoms with van der Waals surface area (Å²) in [5, 5.41) is 3.27. The first-order valence-electron chi connectivity index (χ1n) is 8.77. The summed E-state index contributed by atoms with van der Waals surface area (Å²) >= 11 is 0. The molecule has 0 aliphatic heterocycles. The minimum atomic E-state index is 0.284. The van der Waals surface area contributed by atoms with Crippen LogP contribution in [-0.2, 0) is 0 Å². The largest absolute Gasteiger partial charge is 0.491 e. The quantitative estimate of drug-likeness (QED) is 0.699. The van der Waals surface area contributed by atoms with Crippen molar-refractivity contribution < 1.29 is 4.74 Å². The highest BCUT2D eigenvalue weighted by Crippen LogP contribution is 2.35. The van der Waals surface area contributed by atoms with E-state index in [2.05, 4.69) is 48.2 Å². The van der Waals surface area contributed by atoms with Crippen molar-refractivity contribution in [2.24, 2.45) is 5.73 Å². The zero-order valence-corrected chi connectivity index (χ0v) is 15.2. The molecule has 0 spiro atoms. The second-order valence-corrected chi connectivity index (χ2v) is 6.97. The Morgan fingerprint density at radius 1 is 1.12 bits per heavy atom. The number of nitrogens with two attached hydrogens (primary N) is 2. The molecule has 0 amide bonds. The maximum Gasteiger partial charge on any atom is 0.222 e. The Kier molecular flexibility index (Phi) is 5.08. The Morgan fingerprint density at radius 3 is 2.44 bits per heavy atom. The molecule has 0 saturated heterocycles. The Balaban J connectivity index is 1.56. The molecule has 1 aliphatic rings. The van der Waals surface area contributed by atoms with Gasteiger partial charge in [-0.3, -0.25) is 0 Å². The number of nitrogens with zero attached hydrogens (tertiary/aromatic N) is 2. The van der Waals surface area contributed by atoms with Gasteiger partial charge in [-0.05, 0) is 44.7 Å². The molecule has 0 bridgehead atoms. The number of nitrogen functional groups attached to an aromatic ring is 1. The van der Waals surface area contributed by atoms with Crippen molar-refractivity contribution >= 4 is 11.8 Å². The van der Waals surface area contributed by atoms with Gasteiger partial charge in [0.15, 0.2) is 0 Å². The fourth-order valence-electron chi connectivity index (χ4n) is 3.42. The van der Waals surface area contributed by atoms with Crippen LogP contribution in [0, 0.1) is 20.8 Å². The summed E-state index contributed by atoms with van der Waals surface area (Å²) in [6.07, 6.45) is 1.93. The minimum absolute atomic E-state index is 0.284. The summed E-state index contributed by atoms with van der Waals surface area (Å²) in [4.78, 5) is 8.59. The molecule has 1 aromatic carbocycles. The molecule has 2 aromatic rings. The van der Waals surface area contributed by atoms with E-state index in [-0.39, 0.29) is 6.04 Å². The van der Waals surface area contributed by atoms with Crippen LogP contribution in [0.3, 0.4) is 0 Å². The van der Waals surface area contributed by atoms with Crippen molar-refractivity contribution in [3.8, 4) is 5.75 Å². The molecule has 1 aromatic heterocycles. The number of hydrogen-bond acceptors (Lipinski definition) is 6. The van der Waals surface area contributed by atoms with Gasteiger partial charge in [0.05, 0.1) is 12.2 Å². The van der Waals surface area contributed by atoms with Crippen LogP contribution in [0.4, 0.5) is 11.8 Å². The molecule has 6 nitrogen and oxygen atoms in total. The number of benzene rings is 1. The molecular formula is C19H27N5O. The smallest absolute Gasteiger partial charge is 0.222 e. The highest BCUT2D eigenvalue weighted by Gasteiger charge is 2.29. The van der Waals surface area contributed by atoms with E-state index in [4.69, 9.17) is 16.2 Å². The average Bonchev–Trinajstić information content (AvgIpc) is 2.49. The van der Waals surface area contributed by atoms with Crippen molar-refractivity contribution in [2.45, 2.75) is 45.6 Å². The first-order valence-corrected chi connectivity index (χ1v) is 8.77. The van der Waals surface area contributed by atoms with Gasteiger partial charge in [-0.15, -0.1) is 0 Å². The van der Waals surface area contributed by atoms with Crippen LogP contribution in [0.25, 0.3) is 0 Å². The van der Waals surface area contributed by atoms with Gasteiger partial charge < -0.3 is 21.5 Å². The second kappa shape index (κ2) is 7.27. The Hall–Kier alpha value is -2.34. The maximum atomic E-state index is 5.94. The van der Waals surface area contributed by atoms with Crippen LogP contribution >= 0.6 is 0 Å². The molecule has 1 aliphatic carbocycles. The minimum Gasteiger partial charge on any atom is -0.491 e. The van der Waals surface area contributed by atoms with Gasteiger partial charge >= 0.3 is 0 Å². The highest BCUT2D eigenvalue weighted by molar-refractivity contribution is 5.44. The number of aromatic nitrogens is 2. The van der Waals surface area contributed by atoms with Crippen LogP contribution in [0.2, 0.25) is 0 Å². The van der Waals surface area contributed by atoms with E-state index in [0.29, 0.717) is 25.0 Å². The van der Waals surface area contributed by atoms with Crippen LogP contribution in [0.1, 0.15) is 41.1 Å². The lowest BCUT2D eigenvalue weighted by molar-refractivity contribution is 0.328. The van der Waals surface area contributed by atoms with Gasteiger partial charge in [0.1, 0.15) is 18.2 Å². The normalized spacial score (nSPS) is 19.4. The Bertz CT molecular complexity index is 732. The van der Waals surface area contributed by atoms with Crippen molar-refractivity contribution in [1.29, 1.82) is 0 Å². The summed E-state index contributed by atoms with van der Waals surface area (Å²) < 4.78 is 5.94. The van der Waals surface area contributed by atoms with Crippen LogP contribution in [0.5, 0.6) is 5.75 Å². The number of anilines is 2. The van der Waals surface area contributed by atoms with E-state index in [1.807, 2.05) is 6.07 Å². The van der Waals surface area contributed by atoms with Crippen molar-refractivity contribution in [3.63, 3.8) is 0 Å². The SMILES string of the molecule is Cc1cc(C)c(OCCNc2cc(C3CC(N)C3)nc(N)n2)c(C)c1. The third kappa shape index (κ3) is 4.20. The first kappa shape index (κ1) is 17.5. The van der Waals surface area contributed by atoms with Crippen LogP contribution in [-0.4, -0.2) is 29.2 Å². The average molecular weight is 341 g/mol. The third-order valence-electron chi connectivity index (χ3n) is 4.62. The molecule has 25 heavy (non-hydrogen) atoms. The number of hydrogen-bond donors (Lipinski definition) is 3. The van der Waals surface area contributed by atoms with Gasteiger partial charge in [-0.2, -0.15) is 4.98 Å². The van der Waals surface area contributed by atoms with Gasteiger partial charge in [0, 0.05) is 18.0 Å². The topological polar surface area (TPSA) is 99.1 Å². The molecule has 1 heterocycles. The van der Waals surface area contributed by atoms with E-state index in [9.17, 15) is 0 Å². The van der Waals surface area contributed by atoms with Crippen molar-refractivity contribution in [2.75, 3.05) is 24.2 Å². The van der Waals surface area contributed by atoms with E-state index < -0.39 is 0 Å². The van der Waals surface area contributed by atoms with Gasteiger partial charge in [-0.25, -0.2) is 4.98 Å². The van der Waals surface area contributed by atoms with E-state index in [0.717, 1.165) is 41.2 Å². The zero-order chi connectivity index (χ0) is 18.0. The fraction of sp³-hybridized carbons (Fsp3) is 0.474. The van der Waals surface area contributed by atoms with Crippen LogP contribution in [0.15, 0.2) is 18.2 Å². The van der Waals surface area contributed by atoms with E-state index >= 15 is 0 Å². The molecule has 0 atom stereocenters. The molecule has 0 unspecified atom stereocenters. The maximum absolute atomic E-state index is 5.94. The van der Waals surface area contributed by atoms with E-state index in [1.165, 1.54) is 5.56 Å². The van der Waals surface area contributed by atoms with Gasteiger partial charge in [0.25, 0.3) is 0 Å². The molecule has 1 fully saturated rings. The second-order valence-electron chi connectivity index (χ2n) is 6.97. The van der Waals surface area contributed by atoms with Gasteiger partial charge in [0.2, 0.25) is 5.95 Å². The van der Waals surface area contributed by atoms with Crippen molar-refractivity contribution in [3.05, 3.63) is 40.6 Å². The Morgan fingerprint density at radius 2 is 1.80 bits per heavy atom. The molecule has 3 rings (SSSR count). The predicted molar refractivity (Wildman–Crippen MR) is 101 cm³/mol. The summed E-state index contributed by atoms with van der Waals surface area (Å²) in [5.41, 5.74) is 16.2. The predicted octanol–water partition coefficient (Wildman–Crippen LogP) is 2.68. The number of aryl methyl sites for hydroxylation is 3. The van der Waals surface area contributed by atoms with Crippen molar-refractivity contribution in [1.82, 2.24) is 9.97 Å². The summed E-state index contributed by atoms with van der Waals surface area (Å²) in [5.74, 6) is 2.39. The molecule has 0 radical (unpaired) electrons. The summed E-state index contributed by atoms with van der Waals surface area (Å²) in [6.45, 7) is 7.44. The fourth-order valence-corrected chi connectivity index (χ4v) is 3.42. The molecule has 6 heteroatoms. The first-order chi connectivity index (χ1) is 11.9. The third-order valence-corrected chi connectivity index (χ3v) is 4.62. The standard InChI is InChI=1S/C19H27N5O/c1-11-6-12(2)18(13(3)7-11)25-5-4-22-17-10-16(23-19(21)24-17)14-8-15(20)9-14/h6-7,10,14-15H,4-5,8-9,20H2,1-3H3,(H3,21,22,23,24). The lowest BCUT2D eigenvalue weighted by Crippen LogP contribution is -2.35. The van der Waals surface area contributed by atoms with E-state index in [1.54, 1.807) is 0 Å². The van der Waals surface area contributed by atoms with Crippen LogP contribution < -0.4 is 21.5 Å². The molecule has 134 valence electrons. The zero-order valence-electron chi connectivity index (χ0n) is 15.2. The lowest BCUT2D eigenvalue weighted by atomic mass is 9.78. The number of nitrogens with one attached hydrogen (secondary N) is 1. The summed E-state index contributed by atoms with van der Waals surface area (Å²) in [7, 11) is 0. The molecular weight excluding hydrogens is 314 g/mol. The summed E-state index contributed by atoms with van der Waals surface area (Å²) in [6, 6.07) is 6.52. The monoisotopic (exact) mass is 341 g/mol. The van der Waals surface area contributed by atoms with Gasteiger partial charge in [-0.1, -0.05) is 17.7 Å². The molecule has 1 saturated carbocycles. The Labute approximate surface area is 149 Å².